The highest BCUT2D eigenvalue weighted by atomic mass is 15.5. The molecule has 0 bridgehead atoms. The lowest BCUT2D eigenvalue weighted by Crippen LogP contribution is -2.50. The third-order valence-electron chi connectivity index (χ3n) is 8.94. The van der Waals surface area contributed by atoms with Gasteiger partial charge in [-0.05, 0) is 48.7 Å². The van der Waals surface area contributed by atoms with Crippen LogP contribution in [0, 0.1) is 19.3 Å². The van der Waals surface area contributed by atoms with Crippen molar-refractivity contribution in [3.63, 3.8) is 0 Å². The Balaban J connectivity index is 1.60. The number of hydrogen-bond donors (Lipinski definition) is 0. The van der Waals surface area contributed by atoms with Crippen molar-refractivity contribution in [1.82, 2.24) is 9.97 Å². The molecular formula is C31H28N4. The van der Waals surface area contributed by atoms with Crippen LogP contribution in [0.1, 0.15) is 30.5 Å². The Morgan fingerprint density at radius 3 is 2.23 bits per heavy atom. The maximum absolute atomic E-state index is 4.94. The van der Waals surface area contributed by atoms with Gasteiger partial charge >= 0.3 is 0 Å². The van der Waals surface area contributed by atoms with Gasteiger partial charge in [0.25, 0.3) is 0 Å². The number of para-hydroxylation sites is 2. The lowest BCUT2D eigenvalue weighted by atomic mass is 9.81. The number of hydrogen-bond acceptors (Lipinski definition) is 4. The zero-order chi connectivity index (χ0) is 24.1. The number of anilines is 4. The minimum atomic E-state index is -0.143. The van der Waals surface area contributed by atoms with Crippen molar-refractivity contribution in [2.45, 2.75) is 39.3 Å². The van der Waals surface area contributed by atoms with E-state index in [1.807, 2.05) is 0 Å². The third kappa shape index (κ3) is 2.28. The maximum atomic E-state index is 4.94. The smallest absolute Gasteiger partial charge is 0.162 e. The van der Waals surface area contributed by atoms with E-state index in [0.717, 1.165) is 22.9 Å². The van der Waals surface area contributed by atoms with Gasteiger partial charge in [0.15, 0.2) is 5.82 Å². The molecule has 3 aromatic carbocycles. The van der Waals surface area contributed by atoms with Crippen molar-refractivity contribution >= 4 is 22.9 Å². The maximum Gasteiger partial charge on any atom is 0.162 e. The van der Waals surface area contributed by atoms with Crippen molar-refractivity contribution in [1.29, 1.82) is 0 Å². The molecule has 0 amide bonds. The van der Waals surface area contributed by atoms with Crippen LogP contribution >= 0.6 is 0 Å². The second kappa shape index (κ2) is 6.60. The van der Waals surface area contributed by atoms with Crippen molar-refractivity contribution in [3.05, 3.63) is 108 Å². The van der Waals surface area contributed by atoms with Gasteiger partial charge in [0.1, 0.15) is 23.9 Å². The molecule has 1 fully saturated rings. The molecule has 3 heterocycles. The van der Waals surface area contributed by atoms with Gasteiger partial charge < -0.3 is 9.80 Å². The average Bonchev–Trinajstić information content (AvgIpc) is 3.16. The van der Waals surface area contributed by atoms with Crippen LogP contribution in [0.15, 0.2) is 91.3 Å². The molecule has 7 rings (SSSR count). The fourth-order valence-electron chi connectivity index (χ4n) is 6.88. The predicted octanol–water partition coefficient (Wildman–Crippen LogP) is 7.22. The SMILES string of the molecule is C=C1C2(C)c3ccccc3N3c4ncnc(-c5c(C)cccc5C)c4N(c4ccccc4)C3C12C. The highest BCUT2D eigenvalue weighted by Crippen LogP contribution is 2.77. The second-order valence-corrected chi connectivity index (χ2v) is 10.4. The summed E-state index contributed by atoms with van der Waals surface area (Å²) in [6, 6.07) is 25.9. The fraction of sp³-hybridized carbons (Fsp3) is 0.226. The van der Waals surface area contributed by atoms with Gasteiger partial charge in [0, 0.05) is 27.8 Å². The lowest BCUT2D eigenvalue weighted by Gasteiger charge is -2.43. The van der Waals surface area contributed by atoms with E-state index >= 15 is 0 Å². The van der Waals surface area contributed by atoms with E-state index in [9.17, 15) is 0 Å². The van der Waals surface area contributed by atoms with E-state index in [1.165, 1.54) is 33.5 Å². The number of aryl methyl sites for hydroxylation is 2. The molecule has 0 radical (unpaired) electrons. The van der Waals surface area contributed by atoms with Gasteiger partial charge in [-0.1, -0.05) is 80.6 Å². The highest BCUT2D eigenvalue weighted by Gasteiger charge is 2.76. The molecule has 1 aromatic heterocycles. The summed E-state index contributed by atoms with van der Waals surface area (Å²) in [5.74, 6) is 0.960. The Hall–Kier alpha value is -3.92. The van der Waals surface area contributed by atoms with E-state index in [1.54, 1.807) is 6.33 Å². The van der Waals surface area contributed by atoms with Crippen LogP contribution in [0.5, 0.6) is 0 Å². The number of nitrogens with zero attached hydrogens (tertiary/aromatic N) is 4. The molecule has 4 aromatic rings. The molecule has 3 atom stereocenters. The highest BCUT2D eigenvalue weighted by molar-refractivity contribution is 5.98. The Kier molecular flexibility index (Phi) is 3.86. The van der Waals surface area contributed by atoms with Gasteiger partial charge in [-0.2, -0.15) is 0 Å². The predicted molar refractivity (Wildman–Crippen MR) is 142 cm³/mol. The van der Waals surface area contributed by atoms with Gasteiger partial charge in [-0.3, -0.25) is 0 Å². The number of benzene rings is 3. The Bertz CT molecular complexity index is 1520. The van der Waals surface area contributed by atoms with Gasteiger partial charge in [-0.25, -0.2) is 9.97 Å². The quantitative estimate of drug-likeness (QED) is 0.298. The summed E-state index contributed by atoms with van der Waals surface area (Å²) in [5, 5.41) is 0. The van der Waals surface area contributed by atoms with Crippen molar-refractivity contribution < 1.29 is 0 Å². The van der Waals surface area contributed by atoms with E-state index < -0.39 is 0 Å². The normalized spacial score (nSPS) is 25.6. The topological polar surface area (TPSA) is 32.3 Å². The van der Waals surface area contributed by atoms with Gasteiger partial charge in [0.05, 0.1) is 0 Å². The first kappa shape index (κ1) is 20.5. The molecule has 172 valence electrons. The molecular weight excluding hydrogens is 428 g/mol. The van der Waals surface area contributed by atoms with Gasteiger partial charge in [0.2, 0.25) is 0 Å². The summed E-state index contributed by atoms with van der Waals surface area (Å²) in [6.07, 6.45) is 1.75. The first-order valence-corrected chi connectivity index (χ1v) is 12.2. The molecule has 1 saturated carbocycles. The number of aromatic nitrogens is 2. The minimum absolute atomic E-state index is 0.0204. The monoisotopic (exact) mass is 456 g/mol. The van der Waals surface area contributed by atoms with E-state index in [4.69, 9.17) is 9.97 Å². The summed E-state index contributed by atoms with van der Waals surface area (Å²) in [5.41, 5.74) is 10.4. The van der Waals surface area contributed by atoms with Crippen LogP contribution in [0.25, 0.3) is 11.3 Å². The average molecular weight is 457 g/mol. The molecule has 3 unspecified atom stereocenters. The molecule has 0 spiro atoms. The molecule has 3 aliphatic rings. The molecule has 1 aliphatic carbocycles. The zero-order valence-electron chi connectivity index (χ0n) is 20.6. The molecule has 0 N–H and O–H groups in total. The van der Waals surface area contributed by atoms with Crippen LogP contribution in [0.4, 0.5) is 22.9 Å². The summed E-state index contributed by atoms with van der Waals surface area (Å²) in [6.45, 7) is 13.7. The largest absolute Gasteiger partial charge is 0.314 e. The van der Waals surface area contributed by atoms with E-state index in [-0.39, 0.29) is 17.0 Å². The van der Waals surface area contributed by atoms with Crippen molar-refractivity contribution in [3.8, 4) is 11.3 Å². The summed E-state index contributed by atoms with van der Waals surface area (Å²) in [7, 11) is 0. The van der Waals surface area contributed by atoms with Gasteiger partial charge in [-0.15, -0.1) is 0 Å². The summed E-state index contributed by atoms with van der Waals surface area (Å²) in [4.78, 5) is 14.8. The molecule has 2 aliphatic heterocycles. The molecule has 4 nitrogen and oxygen atoms in total. The summed E-state index contributed by atoms with van der Waals surface area (Å²) < 4.78 is 0. The molecule has 0 saturated heterocycles. The van der Waals surface area contributed by atoms with Crippen LogP contribution in [-0.2, 0) is 5.41 Å². The third-order valence-corrected chi connectivity index (χ3v) is 8.94. The van der Waals surface area contributed by atoms with Crippen LogP contribution in [0.2, 0.25) is 0 Å². The zero-order valence-corrected chi connectivity index (χ0v) is 20.6. The lowest BCUT2D eigenvalue weighted by molar-refractivity contribution is 0.377. The first-order valence-electron chi connectivity index (χ1n) is 12.2. The molecule has 35 heavy (non-hydrogen) atoms. The van der Waals surface area contributed by atoms with E-state index in [2.05, 4.69) is 117 Å². The fourth-order valence-corrected chi connectivity index (χ4v) is 6.88. The number of fused-ring (bicyclic) bond motifs is 8. The second-order valence-electron chi connectivity index (χ2n) is 10.4. The Labute approximate surface area is 206 Å². The molecule has 4 heteroatoms. The van der Waals surface area contributed by atoms with Crippen LogP contribution in [0.3, 0.4) is 0 Å². The number of rotatable bonds is 2. The Morgan fingerprint density at radius 2 is 1.49 bits per heavy atom. The van der Waals surface area contributed by atoms with Crippen LogP contribution in [-0.4, -0.2) is 16.1 Å². The first-order chi connectivity index (χ1) is 16.9. The van der Waals surface area contributed by atoms with E-state index in [0.29, 0.717) is 0 Å². The standard InChI is InChI=1S/C31H28N4/c1-19-12-11-13-20(2)25(19)26-27-28(33-18-32-26)35-24-17-10-9-16-23(24)30(4)21(3)31(30,5)29(35)34(27)22-14-7-6-8-15-22/h6-18,29H,3H2,1-2,4-5H3. The summed E-state index contributed by atoms with van der Waals surface area (Å²) >= 11 is 0. The Morgan fingerprint density at radius 1 is 0.800 bits per heavy atom. The van der Waals surface area contributed by atoms with Crippen molar-refractivity contribution in [2.75, 3.05) is 9.80 Å². The van der Waals surface area contributed by atoms with Crippen LogP contribution < -0.4 is 9.80 Å². The minimum Gasteiger partial charge on any atom is -0.314 e. The van der Waals surface area contributed by atoms with Crippen molar-refractivity contribution in [2.24, 2.45) is 5.41 Å².